The summed E-state index contributed by atoms with van der Waals surface area (Å²) in [6.07, 6.45) is 0. The Morgan fingerprint density at radius 1 is 0.344 bits per heavy atom. The maximum atomic E-state index is 13.3. The van der Waals surface area contributed by atoms with E-state index in [0.717, 1.165) is 17.0 Å². The van der Waals surface area contributed by atoms with E-state index in [2.05, 4.69) is 0 Å². The second-order valence-electron chi connectivity index (χ2n) is 18.2. The average Bonchev–Trinajstić information content (AvgIpc) is 1.57. The number of nitrogens with zero attached hydrogens (tertiary/aromatic N) is 4. The van der Waals surface area contributed by atoms with Gasteiger partial charge in [0.15, 0.2) is 53.4 Å². The Morgan fingerprint density at radius 2 is 0.578 bits per heavy atom. The molecule has 34 nitrogen and oxygen atoms in total. The summed E-state index contributed by atoms with van der Waals surface area (Å²) in [5.41, 5.74) is -1.71. The third kappa shape index (κ3) is 24.6. The Kier molecular flexibility index (Phi) is 28.9. The van der Waals surface area contributed by atoms with Gasteiger partial charge in [-0.3, -0.25) is 33.6 Å². The van der Waals surface area contributed by atoms with E-state index in [9.17, 15) is 82.1 Å². The minimum absolute atomic E-state index is 0.0849. The largest absolute Gasteiger partial charge is 0.480 e. The van der Waals surface area contributed by atoms with Crippen LogP contribution in [0.2, 0.25) is 0 Å². The van der Waals surface area contributed by atoms with Crippen molar-refractivity contribution in [3.8, 4) is 0 Å². The maximum Gasteiger partial charge on any atom is 0.344 e. The number of aliphatic carboxylic acids is 3. The molecule has 3 N–H and O–H groups in total. The van der Waals surface area contributed by atoms with Crippen molar-refractivity contribution >= 4 is 114 Å². The number of hydrogen-bond donors (Lipinski definition) is 3. The SMILES string of the molecule is CN(CC(=O)O)c1ccc(C(=O)OCC(=O)OCC(COC(=O)COC(=O)c2ccc(N(COC=O)COC=O)cc2)(COC(=O)COC(=O)c2ccc(N(COC=O)COC=O)cc2)COC(=O)COC(=O)c2ccc(N(CC(=O)O)CC(=O)O)cc2)cc1. The Hall–Kier alpha value is -11.9. The van der Waals surface area contributed by atoms with Gasteiger partial charge in [0.2, 0.25) is 0 Å². The molecule has 90 heavy (non-hydrogen) atoms. The van der Waals surface area contributed by atoms with Crippen LogP contribution in [0.4, 0.5) is 22.7 Å². The van der Waals surface area contributed by atoms with Crippen molar-refractivity contribution in [2.45, 2.75) is 0 Å². The molecule has 34 heteroatoms. The van der Waals surface area contributed by atoms with Gasteiger partial charge in [-0.15, -0.1) is 0 Å². The minimum atomic E-state index is -2.21. The Morgan fingerprint density at radius 3 is 0.811 bits per heavy atom. The predicted octanol–water partition coefficient (Wildman–Crippen LogP) is 0.205. The summed E-state index contributed by atoms with van der Waals surface area (Å²) >= 11 is 0. The highest BCUT2D eigenvalue weighted by Gasteiger charge is 2.39. The lowest BCUT2D eigenvalue weighted by atomic mass is 9.92. The summed E-state index contributed by atoms with van der Waals surface area (Å²) in [5, 5.41) is 27.6. The second kappa shape index (κ2) is 36.9. The third-order valence-electron chi connectivity index (χ3n) is 11.6. The van der Waals surface area contributed by atoms with Gasteiger partial charge in [0.05, 0.1) is 22.3 Å². The normalized spacial score (nSPS) is 10.4. The zero-order valence-electron chi connectivity index (χ0n) is 47.3. The number of carboxylic acids is 3. The Bertz CT molecular complexity index is 3010. The van der Waals surface area contributed by atoms with Crippen LogP contribution in [0.1, 0.15) is 41.4 Å². The fourth-order valence-electron chi connectivity index (χ4n) is 7.17. The molecule has 0 saturated heterocycles. The van der Waals surface area contributed by atoms with Crippen LogP contribution in [0.25, 0.3) is 0 Å². The molecule has 0 spiro atoms. The van der Waals surface area contributed by atoms with Crippen LogP contribution in [0.15, 0.2) is 97.1 Å². The lowest BCUT2D eigenvalue weighted by Crippen LogP contribution is -2.45. The number of carbonyl (C=O) groups excluding carboxylic acids is 12. The van der Waals surface area contributed by atoms with E-state index < -0.39 is 137 Å². The van der Waals surface area contributed by atoms with E-state index in [1.54, 1.807) is 0 Å². The van der Waals surface area contributed by atoms with Crippen LogP contribution in [-0.4, -0.2) is 213 Å². The fourth-order valence-corrected chi connectivity index (χ4v) is 7.17. The summed E-state index contributed by atoms with van der Waals surface area (Å²) < 4.78 is 60.7. The molecule has 0 aliphatic rings. The van der Waals surface area contributed by atoms with Gasteiger partial charge in [-0.05, 0) is 97.1 Å². The molecule has 0 aliphatic heterocycles. The first kappa shape index (κ1) is 70.6. The zero-order valence-corrected chi connectivity index (χ0v) is 47.3. The Balaban J connectivity index is 1.58. The van der Waals surface area contributed by atoms with E-state index in [4.69, 9.17) is 61.9 Å². The molecule has 4 aromatic carbocycles. The number of esters is 8. The number of carboxylic acid groups (broad SMARTS) is 3. The topological polar surface area (TPSA) is 440 Å². The number of anilines is 4. The van der Waals surface area contributed by atoms with E-state index in [0.29, 0.717) is 17.1 Å². The zero-order chi connectivity index (χ0) is 66.0. The smallest absolute Gasteiger partial charge is 0.344 e. The monoisotopic (exact) mass is 1260 g/mol. The summed E-state index contributed by atoms with van der Waals surface area (Å²) in [6.45, 7) is -11.4. The molecule has 0 aromatic heterocycles. The maximum absolute atomic E-state index is 13.3. The Labute approximate surface area is 507 Å². The van der Waals surface area contributed by atoms with Crippen molar-refractivity contribution in [3.05, 3.63) is 119 Å². The van der Waals surface area contributed by atoms with Crippen molar-refractivity contribution in [1.82, 2.24) is 0 Å². The van der Waals surface area contributed by atoms with Gasteiger partial charge in [0.1, 0.15) is 51.5 Å². The number of carbonyl (C=O) groups is 15. The van der Waals surface area contributed by atoms with Gasteiger partial charge in [-0.1, -0.05) is 0 Å². The molecule has 0 bridgehead atoms. The molecule has 480 valence electrons. The lowest BCUT2D eigenvalue weighted by molar-refractivity contribution is -0.175. The molecular formula is C56H56N4O30. The lowest BCUT2D eigenvalue weighted by Gasteiger charge is -2.31. The van der Waals surface area contributed by atoms with Gasteiger partial charge in [-0.25, -0.2) is 38.4 Å². The van der Waals surface area contributed by atoms with E-state index in [1.165, 1.54) is 107 Å². The number of rotatable bonds is 42. The molecule has 0 amide bonds. The van der Waals surface area contributed by atoms with Gasteiger partial charge in [0, 0.05) is 29.8 Å². The molecule has 0 atom stereocenters. The van der Waals surface area contributed by atoms with Crippen LogP contribution >= 0.6 is 0 Å². The second-order valence-corrected chi connectivity index (χ2v) is 18.2. The number of hydrogen-bond acceptors (Lipinski definition) is 31. The van der Waals surface area contributed by atoms with Crippen LogP contribution < -0.4 is 19.6 Å². The molecule has 0 heterocycles. The van der Waals surface area contributed by atoms with Crippen LogP contribution in [-0.2, 0) is 110 Å². The first-order valence-corrected chi connectivity index (χ1v) is 25.6. The highest BCUT2D eigenvalue weighted by Crippen LogP contribution is 2.24. The van der Waals surface area contributed by atoms with Gasteiger partial charge in [-0.2, -0.15) is 0 Å². The summed E-state index contributed by atoms with van der Waals surface area (Å²) in [4.78, 5) is 187. The van der Waals surface area contributed by atoms with Crippen LogP contribution in [0.3, 0.4) is 0 Å². The summed E-state index contributed by atoms with van der Waals surface area (Å²) in [6, 6.07) is 20.3. The highest BCUT2D eigenvalue weighted by atomic mass is 16.6. The predicted molar refractivity (Wildman–Crippen MR) is 295 cm³/mol. The van der Waals surface area contributed by atoms with Gasteiger partial charge >= 0.3 is 65.7 Å². The third-order valence-corrected chi connectivity index (χ3v) is 11.6. The molecule has 0 aliphatic carbocycles. The molecule has 0 unspecified atom stereocenters. The standard InChI is InChI=1S/C56H56N4O30/c1-57(18-45(65)66)41-10-2-37(3-11-41)52(75)83-21-48(71)87-25-56(26-88-49(72)22-84-53(76)38-4-12-42(13-5-38)58(19-46(67)68)20-47(69)70,27-89-50(73)23-85-54(77)39-6-14-43(15-7-39)59(29-79-33-61)30-80-34-62)28-90-51(74)24-86-55(78)40-8-16-44(17-9-40)60(31-81-35-63)32-82-36-64/h2-17,33-36H,18-32H2,1H3,(H,65,66)(H,67,68)(H,69,70). The van der Waals surface area contributed by atoms with Crippen molar-refractivity contribution in [1.29, 1.82) is 0 Å². The van der Waals surface area contributed by atoms with Crippen LogP contribution in [0.5, 0.6) is 0 Å². The van der Waals surface area contributed by atoms with E-state index in [1.807, 2.05) is 0 Å². The van der Waals surface area contributed by atoms with Crippen LogP contribution in [0, 0.1) is 5.41 Å². The molecule has 0 radical (unpaired) electrons. The highest BCUT2D eigenvalue weighted by molar-refractivity contribution is 5.93. The summed E-state index contributed by atoms with van der Waals surface area (Å²) in [5.74, 6) is -13.6. The summed E-state index contributed by atoms with van der Waals surface area (Å²) in [7, 11) is 1.48. The fraction of sp³-hybridized carbons (Fsp3) is 0.304. The first-order valence-electron chi connectivity index (χ1n) is 25.6. The van der Waals surface area contributed by atoms with Crippen molar-refractivity contribution in [2.75, 3.05) is 126 Å². The number of benzene rings is 4. The van der Waals surface area contributed by atoms with Gasteiger partial charge in [0.25, 0.3) is 25.9 Å². The molecular weight excluding hydrogens is 1210 g/mol. The molecule has 0 fully saturated rings. The van der Waals surface area contributed by atoms with Crippen molar-refractivity contribution < 1.29 is 144 Å². The first-order chi connectivity index (χ1) is 43.1. The quantitative estimate of drug-likeness (QED) is 0.0231. The van der Waals surface area contributed by atoms with E-state index in [-0.39, 0.29) is 87.3 Å². The molecule has 0 saturated carbocycles. The average molecular weight is 1270 g/mol. The van der Waals surface area contributed by atoms with E-state index >= 15 is 0 Å². The van der Waals surface area contributed by atoms with Crippen molar-refractivity contribution in [2.24, 2.45) is 5.41 Å². The van der Waals surface area contributed by atoms with Gasteiger partial charge < -0.3 is 91.8 Å². The minimum Gasteiger partial charge on any atom is -0.480 e. The van der Waals surface area contributed by atoms with Crippen molar-refractivity contribution in [3.63, 3.8) is 0 Å². The number of likely N-dealkylation sites (N-methyl/N-ethyl adjacent to an activating group) is 1. The molecule has 4 rings (SSSR count). The molecule has 4 aromatic rings. The number of ether oxygens (including phenoxy) is 12.